The Labute approximate surface area is 231 Å². The van der Waals surface area contributed by atoms with Crippen LogP contribution in [0.15, 0.2) is 48.6 Å². The van der Waals surface area contributed by atoms with Crippen LogP contribution < -0.4 is 11.1 Å². The Bertz CT molecular complexity index is 577. The van der Waals surface area contributed by atoms with Gasteiger partial charge in [-0.15, -0.1) is 0 Å². The van der Waals surface area contributed by atoms with Crippen LogP contribution in [0.2, 0.25) is 0 Å². The molecule has 0 aliphatic carbocycles. The molecule has 0 aliphatic heterocycles. The first-order chi connectivity index (χ1) is 17.7. The Morgan fingerprint density at radius 1 is 0.757 bits per heavy atom. The van der Waals surface area contributed by atoms with E-state index in [1.807, 2.05) is 32.1 Å². The van der Waals surface area contributed by atoms with Crippen molar-refractivity contribution in [2.45, 2.75) is 114 Å². The van der Waals surface area contributed by atoms with Gasteiger partial charge in [-0.2, -0.15) is 0 Å². The summed E-state index contributed by atoms with van der Waals surface area (Å²) in [6.45, 7) is 20.5. The largest absolute Gasteiger partial charge is 0.463 e. The fraction of sp³-hybridized carbons (Fsp3) is 0.688. The van der Waals surface area contributed by atoms with Gasteiger partial charge < -0.3 is 15.8 Å². The molecule has 218 valence electrons. The summed E-state index contributed by atoms with van der Waals surface area (Å²) in [6.07, 6.45) is 24.3. The minimum Gasteiger partial charge on any atom is -0.463 e. The molecule has 37 heavy (non-hydrogen) atoms. The second-order valence-corrected chi connectivity index (χ2v) is 9.09. The summed E-state index contributed by atoms with van der Waals surface area (Å²) >= 11 is 0. The first-order valence-corrected chi connectivity index (χ1v) is 14.6. The highest BCUT2D eigenvalue weighted by atomic mass is 16.5. The molecule has 0 aromatic rings. The predicted octanol–water partition coefficient (Wildman–Crippen LogP) is 8.32. The molecular weight excluding hydrogens is 460 g/mol. The van der Waals surface area contributed by atoms with Gasteiger partial charge in [-0.3, -0.25) is 4.79 Å². The molecule has 0 saturated heterocycles. The Kier molecular flexibility index (Phi) is 43.5. The monoisotopic (exact) mass is 522 g/mol. The van der Waals surface area contributed by atoms with E-state index in [9.17, 15) is 9.59 Å². The van der Waals surface area contributed by atoms with Gasteiger partial charge in [-0.25, -0.2) is 4.79 Å². The lowest BCUT2D eigenvalue weighted by molar-refractivity contribution is -0.137. The van der Waals surface area contributed by atoms with Crippen LogP contribution in [0, 0.1) is 11.8 Å². The molecule has 0 radical (unpaired) electrons. The Morgan fingerprint density at radius 2 is 1.22 bits per heavy atom. The molecule has 0 bridgehead atoms. The van der Waals surface area contributed by atoms with E-state index in [0.29, 0.717) is 18.4 Å². The fourth-order valence-electron chi connectivity index (χ4n) is 2.21. The number of amides is 1. The molecule has 5 nitrogen and oxygen atoms in total. The minimum atomic E-state index is -0.272. The summed E-state index contributed by atoms with van der Waals surface area (Å²) in [5.41, 5.74) is 5.17. The normalized spacial score (nSPS) is 10.8. The average Bonchev–Trinajstić information content (AvgIpc) is 2.88. The van der Waals surface area contributed by atoms with Gasteiger partial charge in [-0.1, -0.05) is 118 Å². The highest BCUT2D eigenvalue weighted by Crippen LogP contribution is 2.00. The van der Waals surface area contributed by atoms with E-state index in [1.165, 1.54) is 44.6 Å². The van der Waals surface area contributed by atoms with E-state index in [-0.39, 0.29) is 11.9 Å². The lowest BCUT2D eigenvalue weighted by Gasteiger charge is -2.03. The summed E-state index contributed by atoms with van der Waals surface area (Å²) in [6, 6.07) is 0. The van der Waals surface area contributed by atoms with Crippen LogP contribution in [0.1, 0.15) is 114 Å². The van der Waals surface area contributed by atoms with Crippen molar-refractivity contribution < 1.29 is 14.3 Å². The van der Waals surface area contributed by atoms with E-state index >= 15 is 0 Å². The maximum atomic E-state index is 11.3. The third-order valence-corrected chi connectivity index (χ3v) is 4.37. The maximum Gasteiger partial charge on any atom is 0.330 e. The second-order valence-electron chi connectivity index (χ2n) is 9.09. The summed E-state index contributed by atoms with van der Waals surface area (Å²) in [5, 5.41) is 2.83. The van der Waals surface area contributed by atoms with Gasteiger partial charge in [0.1, 0.15) is 0 Å². The zero-order valence-corrected chi connectivity index (χ0v) is 25.9. The van der Waals surface area contributed by atoms with E-state index in [4.69, 9.17) is 10.5 Å². The molecule has 0 heterocycles. The molecule has 0 saturated carbocycles. The number of carbonyl (C=O) groups excluding carboxylic acids is 2. The molecular formula is C32H62N2O3. The highest BCUT2D eigenvalue weighted by Gasteiger charge is 1.95. The number of carbonyl (C=O) groups is 2. The molecule has 0 aliphatic rings. The van der Waals surface area contributed by atoms with Crippen LogP contribution in [0.3, 0.4) is 0 Å². The predicted molar refractivity (Wildman–Crippen MR) is 165 cm³/mol. The van der Waals surface area contributed by atoms with Crippen molar-refractivity contribution in [1.29, 1.82) is 0 Å². The number of unbranched alkanes of at least 4 members (excludes halogenated alkanes) is 6. The third-order valence-electron chi connectivity index (χ3n) is 4.37. The van der Waals surface area contributed by atoms with Crippen molar-refractivity contribution in [3.8, 4) is 0 Å². The Morgan fingerprint density at radius 3 is 1.59 bits per heavy atom. The molecule has 0 rings (SSSR count). The van der Waals surface area contributed by atoms with Crippen LogP contribution >= 0.6 is 0 Å². The van der Waals surface area contributed by atoms with Crippen LogP contribution in [-0.2, 0) is 14.3 Å². The van der Waals surface area contributed by atoms with Crippen LogP contribution in [0.25, 0.3) is 0 Å². The van der Waals surface area contributed by atoms with Crippen LogP contribution in [0.4, 0.5) is 0 Å². The maximum absolute atomic E-state index is 11.3. The number of allylic oxidation sites excluding steroid dienone is 6. The molecule has 0 atom stereocenters. The highest BCUT2D eigenvalue weighted by molar-refractivity contribution is 5.87. The zero-order chi connectivity index (χ0) is 29.2. The molecule has 0 aromatic carbocycles. The van der Waals surface area contributed by atoms with Crippen LogP contribution in [0.5, 0.6) is 0 Å². The lowest BCUT2D eigenvalue weighted by Crippen LogP contribution is -2.25. The van der Waals surface area contributed by atoms with E-state index < -0.39 is 0 Å². The topological polar surface area (TPSA) is 81.4 Å². The SMILES string of the molecule is CC.CC(C)CN.CCCCC/C=C\C=C\C(=O)NCC(C)C.CCCCC/C=C\C=C\C(=O)OCC. The molecule has 0 aromatic heterocycles. The van der Waals surface area contributed by atoms with Gasteiger partial charge in [0.2, 0.25) is 5.91 Å². The van der Waals surface area contributed by atoms with Crippen LogP contribution in [-0.4, -0.2) is 31.6 Å². The van der Waals surface area contributed by atoms with E-state index in [2.05, 4.69) is 59.0 Å². The summed E-state index contributed by atoms with van der Waals surface area (Å²) < 4.78 is 4.73. The summed E-state index contributed by atoms with van der Waals surface area (Å²) in [7, 11) is 0. The fourth-order valence-corrected chi connectivity index (χ4v) is 2.21. The minimum absolute atomic E-state index is 0.00749. The van der Waals surface area contributed by atoms with Gasteiger partial charge in [0.25, 0.3) is 0 Å². The van der Waals surface area contributed by atoms with E-state index in [0.717, 1.165) is 25.9 Å². The first-order valence-electron chi connectivity index (χ1n) is 14.6. The Hall–Kier alpha value is -2.14. The summed E-state index contributed by atoms with van der Waals surface area (Å²) in [5.74, 6) is 0.884. The number of nitrogens with one attached hydrogen (secondary N) is 1. The molecule has 1 amide bonds. The third kappa shape index (κ3) is 51.4. The van der Waals surface area contributed by atoms with Gasteiger partial charge in [0, 0.05) is 18.7 Å². The zero-order valence-electron chi connectivity index (χ0n) is 25.9. The number of esters is 1. The number of ether oxygens (including phenoxy) is 1. The molecule has 5 heteroatoms. The van der Waals surface area contributed by atoms with Gasteiger partial charge >= 0.3 is 5.97 Å². The van der Waals surface area contributed by atoms with Crippen molar-refractivity contribution in [3.05, 3.63) is 48.6 Å². The number of hydrogen-bond donors (Lipinski definition) is 2. The number of rotatable bonds is 16. The molecule has 0 fully saturated rings. The van der Waals surface area contributed by atoms with Crippen molar-refractivity contribution in [2.24, 2.45) is 17.6 Å². The standard InChI is InChI=1S/C14H25NO.C12H20O2.C4H11N.C2H6/c1-4-5-6-7-8-9-10-11-14(16)15-12-13(2)3;1-3-5-6-7-8-9-10-11-12(13)14-4-2;1-4(2)3-5;1-2/h8-11,13H,4-7,12H2,1-3H3,(H,15,16);8-11H,3-7H2,1-2H3;4H,3,5H2,1-2H3;1-2H3/b2*9-8-,11-10+;;. The number of hydrogen-bond acceptors (Lipinski definition) is 4. The Balaban J connectivity index is -0.000000236. The van der Waals surface area contributed by atoms with Gasteiger partial charge in [0.15, 0.2) is 0 Å². The van der Waals surface area contributed by atoms with Crippen molar-refractivity contribution in [2.75, 3.05) is 19.7 Å². The smallest absolute Gasteiger partial charge is 0.330 e. The summed E-state index contributed by atoms with van der Waals surface area (Å²) in [4.78, 5) is 22.1. The van der Waals surface area contributed by atoms with Crippen molar-refractivity contribution in [3.63, 3.8) is 0 Å². The lowest BCUT2D eigenvalue weighted by atomic mass is 10.2. The van der Waals surface area contributed by atoms with E-state index in [1.54, 1.807) is 19.1 Å². The van der Waals surface area contributed by atoms with Gasteiger partial charge in [0.05, 0.1) is 6.61 Å². The molecule has 0 spiro atoms. The first kappa shape index (κ1) is 42.0. The average molecular weight is 523 g/mol. The van der Waals surface area contributed by atoms with Crippen molar-refractivity contribution in [1.82, 2.24) is 5.32 Å². The number of nitrogens with two attached hydrogens (primary N) is 1. The van der Waals surface area contributed by atoms with Crippen molar-refractivity contribution >= 4 is 11.9 Å². The van der Waals surface area contributed by atoms with Gasteiger partial charge in [-0.05, 0) is 51.0 Å². The second kappa shape index (κ2) is 38.4. The molecule has 3 N–H and O–H groups in total. The quantitative estimate of drug-likeness (QED) is 0.0924. The molecule has 0 unspecified atom stereocenters.